The Balaban J connectivity index is 1.76. The van der Waals surface area contributed by atoms with Gasteiger partial charge >= 0.3 is 0 Å². The van der Waals surface area contributed by atoms with Crippen molar-refractivity contribution in [3.63, 3.8) is 0 Å². The number of aryl methyl sites for hydroxylation is 2. The largest absolute Gasteiger partial charge is 0.358 e. The van der Waals surface area contributed by atoms with Crippen LogP contribution in [0.1, 0.15) is 41.1 Å². The van der Waals surface area contributed by atoms with Crippen molar-refractivity contribution < 1.29 is 0 Å². The lowest BCUT2D eigenvalue weighted by Crippen LogP contribution is -2.11. The van der Waals surface area contributed by atoms with E-state index in [4.69, 9.17) is 0 Å². The van der Waals surface area contributed by atoms with Crippen LogP contribution in [-0.4, -0.2) is 4.98 Å². The summed E-state index contributed by atoms with van der Waals surface area (Å²) in [6.45, 7) is 2.18. The molecule has 1 aromatic heterocycles. The summed E-state index contributed by atoms with van der Waals surface area (Å²) in [5, 5.41) is 1.45. The molecule has 2 aromatic carbocycles. The van der Waals surface area contributed by atoms with Gasteiger partial charge in [-0.2, -0.15) is 0 Å². The summed E-state index contributed by atoms with van der Waals surface area (Å²) in [6, 6.07) is 17.7. The molecule has 1 atom stereocenters. The first-order valence-corrected chi connectivity index (χ1v) is 7.96. The Bertz CT molecular complexity index is 767. The SMILES string of the molecule is Cc1ccc2[nH]c3c(c2c1)CCCC3Cc1ccccc1. The topological polar surface area (TPSA) is 15.8 Å². The standard InChI is InChI=1S/C20H21N/c1-14-10-11-19-18(12-14)17-9-5-8-16(20(17)21-19)13-15-6-3-2-4-7-15/h2-4,6-7,10-12,16,21H,5,8-9,13H2,1H3. The van der Waals surface area contributed by atoms with E-state index in [-0.39, 0.29) is 0 Å². The summed E-state index contributed by atoms with van der Waals surface area (Å²) in [7, 11) is 0. The van der Waals surface area contributed by atoms with Crippen molar-refractivity contribution in [1.29, 1.82) is 0 Å². The zero-order valence-electron chi connectivity index (χ0n) is 12.5. The zero-order valence-corrected chi connectivity index (χ0v) is 12.5. The molecule has 0 aliphatic heterocycles. The van der Waals surface area contributed by atoms with Gasteiger partial charge in [-0.3, -0.25) is 0 Å². The zero-order chi connectivity index (χ0) is 14.2. The van der Waals surface area contributed by atoms with Gasteiger partial charge in [-0.05, 0) is 55.9 Å². The highest BCUT2D eigenvalue weighted by Crippen LogP contribution is 2.38. The van der Waals surface area contributed by atoms with Crippen LogP contribution in [0.15, 0.2) is 48.5 Å². The molecule has 0 bridgehead atoms. The fourth-order valence-corrected chi connectivity index (χ4v) is 3.77. The van der Waals surface area contributed by atoms with Crippen LogP contribution < -0.4 is 0 Å². The molecule has 1 heterocycles. The van der Waals surface area contributed by atoms with Gasteiger partial charge in [-0.1, -0.05) is 42.0 Å². The summed E-state index contributed by atoms with van der Waals surface area (Å²) in [6.07, 6.45) is 4.99. The van der Waals surface area contributed by atoms with Crippen LogP contribution in [0.2, 0.25) is 0 Å². The van der Waals surface area contributed by atoms with Gasteiger partial charge in [0.15, 0.2) is 0 Å². The molecule has 1 aliphatic rings. The van der Waals surface area contributed by atoms with E-state index >= 15 is 0 Å². The van der Waals surface area contributed by atoms with Crippen molar-refractivity contribution >= 4 is 10.9 Å². The maximum absolute atomic E-state index is 3.71. The number of H-pyrrole nitrogens is 1. The van der Waals surface area contributed by atoms with Crippen LogP contribution in [0, 0.1) is 6.92 Å². The minimum Gasteiger partial charge on any atom is -0.358 e. The van der Waals surface area contributed by atoms with Crippen LogP contribution in [0.3, 0.4) is 0 Å². The molecule has 4 rings (SSSR count). The highest BCUT2D eigenvalue weighted by molar-refractivity contribution is 5.85. The minimum atomic E-state index is 0.642. The van der Waals surface area contributed by atoms with Crippen LogP contribution >= 0.6 is 0 Å². The summed E-state index contributed by atoms with van der Waals surface area (Å²) in [4.78, 5) is 3.71. The Labute approximate surface area is 126 Å². The van der Waals surface area contributed by atoms with E-state index in [1.165, 1.54) is 47.0 Å². The quantitative estimate of drug-likeness (QED) is 0.666. The molecular formula is C20H21N. The minimum absolute atomic E-state index is 0.642. The Morgan fingerprint density at radius 1 is 1.10 bits per heavy atom. The monoisotopic (exact) mass is 275 g/mol. The van der Waals surface area contributed by atoms with Gasteiger partial charge in [0.2, 0.25) is 0 Å². The summed E-state index contributed by atoms with van der Waals surface area (Å²) >= 11 is 0. The van der Waals surface area contributed by atoms with Crippen molar-refractivity contribution in [1.82, 2.24) is 4.98 Å². The van der Waals surface area contributed by atoms with Gasteiger partial charge in [0.1, 0.15) is 0 Å². The Hall–Kier alpha value is -2.02. The normalized spacial score (nSPS) is 17.9. The lowest BCUT2D eigenvalue weighted by molar-refractivity contribution is 0.543. The van der Waals surface area contributed by atoms with E-state index in [1.54, 1.807) is 5.56 Å². The second kappa shape index (κ2) is 5.07. The highest BCUT2D eigenvalue weighted by Gasteiger charge is 2.24. The summed E-state index contributed by atoms with van der Waals surface area (Å²) in [5.74, 6) is 0.642. The van der Waals surface area contributed by atoms with E-state index in [1.807, 2.05) is 0 Å². The molecule has 1 aliphatic carbocycles. The molecule has 1 heteroatoms. The van der Waals surface area contributed by atoms with Gasteiger partial charge in [-0.15, -0.1) is 0 Å². The maximum atomic E-state index is 3.71. The van der Waals surface area contributed by atoms with Gasteiger partial charge in [0.05, 0.1) is 0 Å². The molecule has 0 fully saturated rings. The van der Waals surface area contributed by atoms with Crippen LogP contribution in [0.5, 0.6) is 0 Å². The lowest BCUT2D eigenvalue weighted by Gasteiger charge is -2.22. The van der Waals surface area contributed by atoms with Crippen LogP contribution in [0.4, 0.5) is 0 Å². The average Bonchev–Trinajstić information content (AvgIpc) is 2.88. The third-order valence-corrected chi connectivity index (χ3v) is 4.81. The number of aromatic amines is 1. The predicted octanol–water partition coefficient (Wildman–Crippen LogP) is 5.14. The van der Waals surface area contributed by atoms with Gasteiger partial charge in [0.25, 0.3) is 0 Å². The number of hydrogen-bond acceptors (Lipinski definition) is 0. The third-order valence-electron chi connectivity index (χ3n) is 4.81. The molecule has 0 amide bonds. The van der Waals surface area contributed by atoms with E-state index < -0.39 is 0 Å². The Morgan fingerprint density at radius 2 is 1.95 bits per heavy atom. The highest BCUT2D eigenvalue weighted by atomic mass is 14.7. The fraction of sp³-hybridized carbons (Fsp3) is 0.300. The average molecular weight is 275 g/mol. The van der Waals surface area contributed by atoms with Crippen molar-refractivity contribution in [2.75, 3.05) is 0 Å². The van der Waals surface area contributed by atoms with Crippen LogP contribution in [-0.2, 0) is 12.8 Å². The number of rotatable bonds is 2. The molecule has 106 valence electrons. The van der Waals surface area contributed by atoms with E-state index in [2.05, 4.69) is 60.4 Å². The van der Waals surface area contributed by atoms with Gasteiger partial charge in [0, 0.05) is 22.5 Å². The van der Waals surface area contributed by atoms with Gasteiger partial charge < -0.3 is 4.98 Å². The number of nitrogens with one attached hydrogen (secondary N) is 1. The van der Waals surface area contributed by atoms with Crippen molar-refractivity contribution in [2.24, 2.45) is 0 Å². The maximum Gasteiger partial charge on any atom is 0.0459 e. The first-order valence-electron chi connectivity index (χ1n) is 7.96. The number of hydrogen-bond donors (Lipinski definition) is 1. The van der Waals surface area contributed by atoms with E-state index in [0.717, 1.165) is 6.42 Å². The second-order valence-electron chi connectivity index (χ2n) is 6.35. The molecule has 1 nitrogen and oxygen atoms in total. The number of benzene rings is 2. The molecule has 3 aromatic rings. The molecule has 0 spiro atoms. The first-order chi connectivity index (χ1) is 10.3. The molecule has 0 saturated carbocycles. The number of fused-ring (bicyclic) bond motifs is 3. The molecule has 1 unspecified atom stereocenters. The van der Waals surface area contributed by atoms with Crippen molar-refractivity contribution in [3.05, 3.63) is 70.9 Å². The van der Waals surface area contributed by atoms with E-state index in [9.17, 15) is 0 Å². The van der Waals surface area contributed by atoms with Gasteiger partial charge in [-0.25, -0.2) is 0 Å². The molecule has 0 saturated heterocycles. The Kier molecular flexibility index (Phi) is 3.07. The summed E-state index contributed by atoms with van der Waals surface area (Å²) in [5.41, 5.74) is 7.18. The molecular weight excluding hydrogens is 254 g/mol. The fourth-order valence-electron chi connectivity index (χ4n) is 3.77. The molecule has 0 radical (unpaired) electrons. The van der Waals surface area contributed by atoms with Crippen molar-refractivity contribution in [3.8, 4) is 0 Å². The van der Waals surface area contributed by atoms with Crippen LogP contribution in [0.25, 0.3) is 10.9 Å². The second-order valence-corrected chi connectivity index (χ2v) is 6.35. The lowest BCUT2D eigenvalue weighted by atomic mass is 9.83. The summed E-state index contributed by atoms with van der Waals surface area (Å²) < 4.78 is 0. The predicted molar refractivity (Wildman–Crippen MR) is 88.9 cm³/mol. The van der Waals surface area contributed by atoms with Crippen molar-refractivity contribution in [2.45, 2.75) is 38.5 Å². The molecule has 1 N–H and O–H groups in total. The number of aromatic nitrogens is 1. The Morgan fingerprint density at radius 3 is 2.81 bits per heavy atom. The molecule has 21 heavy (non-hydrogen) atoms. The smallest absolute Gasteiger partial charge is 0.0459 e. The third kappa shape index (κ3) is 2.27. The first kappa shape index (κ1) is 12.7. The van der Waals surface area contributed by atoms with E-state index in [0.29, 0.717) is 5.92 Å².